The molecule has 26 heavy (non-hydrogen) atoms. The summed E-state index contributed by atoms with van der Waals surface area (Å²) in [5.41, 5.74) is 0.393. The Bertz CT molecular complexity index is 537. The molecular formula is C18H37IN4O2S. The van der Waals surface area contributed by atoms with Crippen LogP contribution in [0.2, 0.25) is 0 Å². The lowest BCUT2D eigenvalue weighted by atomic mass is 9.78. The summed E-state index contributed by atoms with van der Waals surface area (Å²) in [5, 5.41) is 3.44. The molecule has 0 aromatic rings. The van der Waals surface area contributed by atoms with Gasteiger partial charge in [0.15, 0.2) is 15.8 Å². The van der Waals surface area contributed by atoms with Crippen LogP contribution in [0.15, 0.2) is 4.99 Å². The Morgan fingerprint density at radius 2 is 1.88 bits per heavy atom. The van der Waals surface area contributed by atoms with Crippen LogP contribution in [0.5, 0.6) is 0 Å². The van der Waals surface area contributed by atoms with Crippen LogP contribution >= 0.6 is 24.0 Å². The van der Waals surface area contributed by atoms with E-state index in [1.807, 2.05) is 0 Å². The number of likely N-dealkylation sites (tertiary alicyclic amines) is 1. The highest BCUT2D eigenvalue weighted by atomic mass is 127. The summed E-state index contributed by atoms with van der Waals surface area (Å²) in [6.45, 7) is 12.7. The smallest absolute Gasteiger partial charge is 0.193 e. The summed E-state index contributed by atoms with van der Waals surface area (Å²) in [4.78, 5) is 9.47. The second kappa shape index (κ2) is 11.0. The maximum Gasteiger partial charge on any atom is 0.193 e. The quantitative estimate of drug-likeness (QED) is 0.344. The first-order chi connectivity index (χ1) is 11.9. The standard InChI is InChI=1S/C18H36N4O2S.HI/c1-4-7-18(3)8-6-10-22(16-18)17(19-5-2)20-9-11-21-12-14-25(23,24)15-13-21;/h4-16H2,1-3H3,(H,19,20);1H. The molecule has 6 nitrogen and oxygen atoms in total. The average Bonchev–Trinajstić information content (AvgIpc) is 2.55. The predicted molar refractivity (Wildman–Crippen MR) is 120 cm³/mol. The van der Waals surface area contributed by atoms with Gasteiger partial charge in [-0.05, 0) is 31.6 Å². The number of aliphatic imine (C=N–C) groups is 1. The summed E-state index contributed by atoms with van der Waals surface area (Å²) in [6, 6.07) is 0. The van der Waals surface area contributed by atoms with Gasteiger partial charge < -0.3 is 10.2 Å². The average molecular weight is 500 g/mol. The fourth-order valence-corrected chi connectivity index (χ4v) is 5.28. The van der Waals surface area contributed by atoms with Gasteiger partial charge >= 0.3 is 0 Å². The van der Waals surface area contributed by atoms with Gasteiger partial charge in [-0.2, -0.15) is 0 Å². The molecule has 2 fully saturated rings. The van der Waals surface area contributed by atoms with Crippen LogP contribution in [-0.2, 0) is 9.84 Å². The number of halogens is 1. The molecule has 0 aromatic heterocycles. The van der Waals surface area contributed by atoms with Gasteiger partial charge in [0.05, 0.1) is 18.1 Å². The first kappa shape index (κ1) is 23.9. The minimum atomic E-state index is -2.80. The van der Waals surface area contributed by atoms with Crippen LogP contribution in [0.3, 0.4) is 0 Å². The number of guanidine groups is 1. The third-order valence-electron chi connectivity index (χ3n) is 5.38. The van der Waals surface area contributed by atoms with Crippen molar-refractivity contribution in [2.75, 3.05) is 57.3 Å². The predicted octanol–water partition coefficient (Wildman–Crippen LogP) is 2.20. The van der Waals surface area contributed by atoms with E-state index in [1.54, 1.807) is 0 Å². The second-order valence-corrected chi connectivity index (χ2v) is 10.1. The molecule has 0 amide bonds. The van der Waals surface area contributed by atoms with E-state index in [2.05, 4.69) is 35.9 Å². The fraction of sp³-hybridized carbons (Fsp3) is 0.944. The Balaban J connectivity index is 0.00000338. The van der Waals surface area contributed by atoms with Crippen LogP contribution in [-0.4, -0.2) is 81.5 Å². The molecule has 0 aromatic carbocycles. The number of hydrogen-bond acceptors (Lipinski definition) is 4. The lowest BCUT2D eigenvalue weighted by molar-refractivity contribution is 0.142. The zero-order chi connectivity index (χ0) is 18.3. The summed E-state index contributed by atoms with van der Waals surface area (Å²) in [6.07, 6.45) is 5.03. The van der Waals surface area contributed by atoms with Gasteiger partial charge in [-0.1, -0.05) is 20.3 Å². The highest BCUT2D eigenvalue weighted by molar-refractivity contribution is 14.0. The second-order valence-electron chi connectivity index (χ2n) is 7.81. The van der Waals surface area contributed by atoms with E-state index in [0.29, 0.717) is 18.5 Å². The molecule has 154 valence electrons. The van der Waals surface area contributed by atoms with Crippen molar-refractivity contribution in [2.45, 2.75) is 46.5 Å². The minimum Gasteiger partial charge on any atom is -0.357 e. The van der Waals surface area contributed by atoms with Gasteiger partial charge in [0, 0.05) is 39.3 Å². The maximum absolute atomic E-state index is 11.5. The van der Waals surface area contributed by atoms with E-state index >= 15 is 0 Å². The number of nitrogens with one attached hydrogen (secondary N) is 1. The van der Waals surface area contributed by atoms with Gasteiger partial charge in [-0.15, -0.1) is 24.0 Å². The van der Waals surface area contributed by atoms with Crippen molar-refractivity contribution in [2.24, 2.45) is 10.4 Å². The van der Waals surface area contributed by atoms with E-state index in [1.165, 1.54) is 25.7 Å². The van der Waals surface area contributed by atoms with Crippen molar-refractivity contribution in [3.63, 3.8) is 0 Å². The van der Waals surface area contributed by atoms with E-state index in [4.69, 9.17) is 4.99 Å². The molecule has 0 radical (unpaired) electrons. The van der Waals surface area contributed by atoms with Crippen LogP contribution in [0.25, 0.3) is 0 Å². The fourth-order valence-electron chi connectivity index (χ4n) is 4.00. The van der Waals surface area contributed by atoms with Crippen molar-refractivity contribution < 1.29 is 8.42 Å². The monoisotopic (exact) mass is 500 g/mol. The number of rotatable bonds is 6. The molecule has 1 N–H and O–H groups in total. The zero-order valence-corrected chi connectivity index (χ0v) is 19.8. The summed E-state index contributed by atoms with van der Waals surface area (Å²) < 4.78 is 23.0. The summed E-state index contributed by atoms with van der Waals surface area (Å²) in [7, 11) is -2.80. The normalized spacial score (nSPS) is 27.0. The largest absolute Gasteiger partial charge is 0.357 e. The van der Waals surface area contributed by atoms with E-state index in [0.717, 1.165) is 38.7 Å². The Kier molecular flexibility index (Phi) is 10.2. The van der Waals surface area contributed by atoms with Crippen molar-refractivity contribution in [1.29, 1.82) is 0 Å². The van der Waals surface area contributed by atoms with Crippen LogP contribution in [0, 0.1) is 5.41 Å². The summed E-state index contributed by atoms with van der Waals surface area (Å²) in [5.74, 6) is 1.60. The van der Waals surface area contributed by atoms with Crippen LogP contribution in [0.4, 0.5) is 0 Å². The maximum atomic E-state index is 11.5. The van der Waals surface area contributed by atoms with E-state index in [-0.39, 0.29) is 35.5 Å². The number of sulfone groups is 1. The van der Waals surface area contributed by atoms with Crippen molar-refractivity contribution in [3.05, 3.63) is 0 Å². The van der Waals surface area contributed by atoms with Crippen molar-refractivity contribution in [3.8, 4) is 0 Å². The SMILES string of the molecule is CCCC1(C)CCCN(C(=NCCN2CCS(=O)(=O)CC2)NCC)C1.I. The first-order valence-electron chi connectivity index (χ1n) is 9.83. The molecule has 0 spiro atoms. The van der Waals surface area contributed by atoms with Gasteiger partial charge in [0.2, 0.25) is 0 Å². The molecule has 0 bridgehead atoms. The van der Waals surface area contributed by atoms with Crippen LogP contribution in [0.1, 0.15) is 46.5 Å². The Labute approximate surface area is 177 Å². The Morgan fingerprint density at radius 3 is 2.50 bits per heavy atom. The van der Waals surface area contributed by atoms with Gasteiger partial charge in [0.1, 0.15) is 0 Å². The van der Waals surface area contributed by atoms with Gasteiger partial charge in [-0.25, -0.2) is 8.42 Å². The number of hydrogen-bond donors (Lipinski definition) is 1. The molecule has 2 rings (SSSR count). The Hall–Kier alpha value is -0.0900. The molecule has 8 heteroatoms. The third kappa shape index (κ3) is 7.50. The molecule has 1 atom stereocenters. The highest BCUT2D eigenvalue weighted by Gasteiger charge is 2.31. The first-order valence-corrected chi connectivity index (χ1v) is 11.7. The van der Waals surface area contributed by atoms with Crippen LogP contribution < -0.4 is 5.32 Å². The Morgan fingerprint density at radius 1 is 1.19 bits per heavy atom. The number of nitrogens with zero attached hydrogens (tertiary/aromatic N) is 3. The third-order valence-corrected chi connectivity index (χ3v) is 6.99. The number of piperidine rings is 1. The molecule has 2 aliphatic rings. The zero-order valence-electron chi connectivity index (χ0n) is 16.7. The van der Waals surface area contributed by atoms with Gasteiger partial charge in [-0.3, -0.25) is 9.89 Å². The highest BCUT2D eigenvalue weighted by Crippen LogP contribution is 2.33. The van der Waals surface area contributed by atoms with Crippen molar-refractivity contribution >= 4 is 39.8 Å². The van der Waals surface area contributed by atoms with Gasteiger partial charge in [0.25, 0.3) is 0 Å². The molecule has 2 heterocycles. The minimum absolute atomic E-state index is 0. The topological polar surface area (TPSA) is 65.0 Å². The van der Waals surface area contributed by atoms with E-state index in [9.17, 15) is 8.42 Å². The summed E-state index contributed by atoms with van der Waals surface area (Å²) >= 11 is 0. The van der Waals surface area contributed by atoms with Crippen molar-refractivity contribution in [1.82, 2.24) is 15.1 Å². The lowest BCUT2D eigenvalue weighted by Gasteiger charge is -2.42. The molecule has 2 saturated heterocycles. The molecule has 0 aliphatic carbocycles. The molecule has 1 unspecified atom stereocenters. The molecular weight excluding hydrogens is 463 g/mol. The lowest BCUT2D eigenvalue weighted by Crippen LogP contribution is -2.50. The molecule has 2 aliphatic heterocycles. The van der Waals surface area contributed by atoms with E-state index < -0.39 is 9.84 Å². The molecule has 0 saturated carbocycles.